The van der Waals surface area contributed by atoms with Gasteiger partial charge in [-0.3, -0.25) is 0 Å². The molecule has 0 atom stereocenters. The van der Waals surface area contributed by atoms with E-state index in [2.05, 4.69) is 9.62 Å². The molecular formula is C14H22ClN3O2S. The van der Waals surface area contributed by atoms with E-state index >= 15 is 0 Å². The quantitative estimate of drug-likeness (QED) is 0.810. The third-order valence-corrected chi connectivity index (χ3v) is 6.20. The molecule has 0 heterocycles. The van der Waals surface area contributed by atoms with Crippen molar-refractivity contribution in [2.45, 2.75) is 36.1 Å². The summed E-state index contributed by atoms with van der Waals surface area (Å²) in [5.74, 6) is 0. The second-order valence-electron chi connectivity index (χ2n) is 5.84. The molecule has 1 aliphatic rings. The molecule has 2 rings (SSSR count). The van der Waals surface area contributed by atoms with Gasteiger partial charge in [0.1, 0.15) is 4.90 Å². The normalized spacial score (nSPS) is 18.3. The number of nitrogens with one attached hydrogen (secondary N) is 1. The van der Waals surface area contributed by atoms with Crippen molar-refractivity contribution < 1.29 is 8.42 Å². The molecule has 1 aromatic carbocycles. The second-order valence-corrected chi connectivity index (χ2v) is 7.98. The summed E-state index contributed by atoms with van der Waals surface area (Å²) in [6, 6.07) is 4.43. The van der Waals surface area contributed by atoms with Crippen LogP contribution in [0.3, 0.4) is 0 Å². The number of rotatable bonds is 5. The maximum Gasteiger partial charge on any atom is 0.242 e. The van der Waals surface area contributed by atoms with Crippen LogP contribution in [0.25, 0.3) is 0 Å². The topological polar surface area (TPSA) is 75.4 Å². The number of nitrogens with two attached hydrogens (primary N) is 1. The lowest BCUT2D eigenvalue weighted by atomic mass is 9.97. The largest absolute Gasteiger partial charge is 0.399 e. The molecule has 7 heteroatoms. The van der Waals surface area contributed by atoms with Crippen molar-refractivity contribution in [2.24, 2.45) is 0 Å². The van der Waals surface area contributed by atoms with Crippen LogP contribution in [0.5, 0.6) is 0 Å². The Hall–Kier alpha value is -0.820. The Kier molecular flexibility index (Phi) is 4.82. The van der Waals surface area contributed by atoms with E-state index in [1.54, 1.807) is 0 Å². The Morgan fingerprint density at radius 1 is 1.33 bits per heavy atom. The van der Waals surface area contributed by atoms with E-state index in [9.17, 15) is 8.42 Å². The third-order valence-electron chi connectivity index (χ3n) is 4.32. The highest BCUT2D eigenvalue weighted by Crippen LogP contribution is 2.33. The van der Waals surface area contributed by atoms with E-state index in [1.807, 2.05) is 14.1 Å². The Morgan fingerprint density at radius 2 is 1.95 bits per heavy atom. The summed E-state index contributed by atoms with van der Waals surface area (Å²) >= 11 is 6.00. The summed E-state index contributed by atoms with van der Waals surface area (Å²) in [7, 11) is 0.361. The minimum absolute atomic E-state index is 0.0743. The van der Waals surface area contributed by atoms with Crippen molar-refractivity contribution in [3.8, 4) is 0 Å². The molecule has 0 amide bonds. The molecular weight excluding hydrogens is 310 g/mol. The lowest BCUT2D eigenvalue weighted by Gasteiger charge is -2.36. The minimum Gasteiger partial charge on any atom is -0.399 e. The number of sulfonamides is 1. The van der Waals surface area contributed by atoms with Gasteiger partial charge in [0, 0.05) is 17.8 Å². The summed E-state index contributed by atoms with van der Waals surface area (Å²) < 4.78 is 27.6. The van der Waals surface area contributed by atoms with Gasteiger partial charge in [-0.1, -0.05) is 24.4 Å². The number of likely N-dealkylation sites (N-methyl/N-ethyl adjacent to an activating group) is 1. The van der Waals surface area contributed by atoms with Crippen LogP contribution < -0.4 is 10.5 Å². The standard InChI is InChI=1S/C14H22ClN3O2S/c1-18(2)14(7-3-4-8-14)10-17-21(19,20)13-6-5-11(16)9-12(13)15/h5-6,9,17H,3-4,7-8,10,16H2,1-2H3. The van der Waals surface area contributed by atoms with Gasteiger partial charge in [-0.2, -0.15) is 0 Å². The molecule has 1 fully saturated rings. The van der Waals surface area contributed by atoms with E-state index in [0.29, 0.717) is 12.2 Å². The van der Waals surface area contributed by atoms with Crippen LogP contribution in [0.1, 0.15) is 25.7 Å². The van der Waals surface area contributed by atoms with Crippen molar-refractivity contribution in [1.29, 1.82) is 0 Å². The molecule has 21 heavy (non-hydrogen) atoms. The number of hydrogen-bond donors (Lipinski definition) is 2. The smallest absolute Gasteiger partial charge is 0.242 e. The van der Waals surface area contributed by atoms with E-state index in [1.165, 1.54) is 18.2 Å². The number of hydrogen-bond acceptors (Lipinski definition) is 4. The first-order valence-electron chi connectivity index (χ1n) is 6.99. The van der Waals surface area contributed by atoms with E-state index in [4.69, 9.17) is 17.3 Å². The highest BCUT2D eigenvalue weighted by atomic mass is 35.5. The Morgan fingerprint density at radius 3 is 2.48 bits per heavy atom. The number of nitrogens with zero attached hydrogens (tertiary/aromatic N) is 1. The molecule has 0 aromatic heterocycles. The maximum absolute atomic E-state index is 12.4. The molecule has 5 nitrogen and oxygen atoms in total. The maximum atomic E-state index is 12.4. The number of halogens is 1. The first-order valence-corrected chi connectivity index (χ1v) is 8.85. The summed E-state index contributed by atoms with van der Waals surface area (Å²) in [4.78, 5) is 2.19. The zero-order valence-corrected chi connectivity index (χ0v) is 14.0. The molecule has 1 saturated carbocycles. The number of anilines is 1. The fourth-order valence-electron chi connectivity index (χ4n) is 2.86. The molecule has 0 bridgehead atoms. The second kappa shape index (κ2) is 6.12. The zero-order chi connectivity index (χ0) is 15.7. The molecule has 0 aliphatic heterocycles. The summed E-state index contributed by atoms with van der Waals surface area (Å²) in [6.45, 7) is 0.392. The molecule has 118 valence electrons. The van der Waals surface area contributed by atoms with Crippen LogP contribution >= 0.6 is 11.6 Å². The van der Waals surface area contributed by atoms with Crippen molar-refractivity contribution in [2.75, 3.05) is 26.4 Å². The van der Waals surface area contributed by atoms with Crippen LogP contribution in [-0.2, 0) is 10.0 Å². The van der Waals surface area contributed by atoms with Gasteiger partial charge in [-0.05, 0) is 45.1 Å². The first kappa shape index (κ1) is 16.5. The predicted octanol–water partition coefficient (Wildman–Crippen LogP) is 2.07. The predicted molar refractivity (Wildman–Crippen MR) is 85.9 cm³/mol. The van der Waals surface area contributed by atoms with E-state index < -0.39 is 10.0 Å². The van der Waals surface area contributed by atoms with Crippen LogP contribution in [-0.4, -0.2) is 39.5 Å². The molecule has 0 spiro atoms. The minimum atomic E-state index is -3.63. The van der Waals surface area contributed by atoms with Crippen molar-refractivity contribution in [3.63, 3.8) is 0 Å². The lowest BCUT2D eigenvalue weighted by Crippen LogP contribution is -2.50. The highest BCUT2D eigenvalue weighted by Gasteiger charge is 2.37. The fourth-order valence-corrected chi connectivity index (χ4v) is 4.53. The first-order chi connectivity index (χ1) is 9.77. The van der Waals surface area contributed by atoms with Gasteiger partial charge in [-0.25, -0.2) is 13.1 Å². The zero-order valence-electron chi connectivity index (χ0n) is 12.4. The number of nitrogen functional groups attached to an aromatic ring is 1. The molecule has 0 radical (unpaired) electrons. The van der Waals surface area contributed by atoms with Gasteiger partial charge in [0.25, 0.3) is 0 Å². The Bertz CT molecular complexity index is 611. The highest BCUT2D eigenvalue weighted by molar-refractivity contribution is 7.89. The van der Waals surface area contributed by atoms with Crippen molar-refractivity contribution in [1.82, 2.24) is 9.62 Å². The van der Waals surface area contributed by atoms with Crippen molar-refractivity contribution in [3.05, 3.63) is 23.2 Å². The third kappa shape index (κ3) is 3.51. The summed E-state index contributed by atoms with van der Waals surface area (Å²) in [5, 5.41) is 0.146. The van der Waals surface area contributed by atoms with Gasteiger partial charge in [0.2, 0.25) is 10.0 Å². The Labute approximate surface area is 131 Å². The van der Waals surface area contributed by atoms with Crippen LogP contribution in [0.2, 0.25) is 5.02 Å². The SMILES string of the molecule is CN(C)C1(CNS(=O)(=O)c2ccc(N)cc2Cl)CCCC1. The van der Waals surface area contributed by atoms with Gasteiger partial charge in [0.15, 0.2) is 0 Å². The molecule has 0 saturated heterocycles. The van der Waals surface area contributed by atoms with Crippen LogP contribution in [0, 0.1) is 0 Å². The summed E-state index contributed by atoms with van der Waals surface area (Å²) in [6.07, 6.45) is 4.25. The van der Waals surface area contributed by atoms with Gasteiger partial charge in [0.05, 0.1) is 5.02 Å². The molecule has 1 aliphatic carbocycles. The van der Waals surface area contributed by atoms with E-state index in [0.717, 1.165) is 25.7 Å². The molecule has 3 N–H and O–H groups in total. The van der Waals surface area contributed by atoms with Crippen molar-refractivity contribution >= 4 is 27.3 Å². The van der Waals surface area contributed by atoms with Gasteiger partial charge >= 0.3 is 0 Å². The molecule has 1 aromatic rings. The monoisotopic (exact) mass is 331 g/mol. The molecule has 0 unspecified atom stereocenters. The summed E-state index contributed by atoms with van der Waals surface area (Å²) in [5.41, 5.74) is 5.94. The average molecular weight is 332 g/mol. The van der Waals surface area contributed by atoms with Gasteiger partial charge < -0.3 is 10.6 Å². The van der Waals surface area contributed by atoms with Crippen LogP contribution in [0.15, 0.2) is 23.1 Å². The fraction of sp³-hybridized carbons (Fsp3) is 0.571. The number of benzene rings is 1. The average Bonchev–Trinajstić information content (AvgIpc) is 2.86. The van der Waals surface area contributed by atoms with Gasteiger partial charge in [-0.15, -0.1) is 0 Å². The van der Waals surface area contributed by atoms with E-state index in [-0.39, 0.29) is 15.5 Å². The lowest BCUT2D eigenvalue weighted by molar-refractivity contribution is 0.162. The Balaban J connectivity index is 2.18. The van der Waals surface area contributed by atoms with Crippen LogP contribution in [0.4, 0.5) is 5.69 Å².